The predicted molar refractivity (Wildman–Crippen MR) is 95.6 cm³/mol. The molecule has 1 N–H and O–H groups in total. The number of hydrogen-bond donors (Lipinski definition) is 1. The maximum absolute atomic E-state index is 13.1. The van der Waals surface area contributed by atoms with E-state index in [1.54, 1.807) is 10.7 Å². The Bertz CT molecular complexity index is 940. The molecule has 1 aliphatic rings. The minimum atomic E-state index is -4.37. The van der Waals surface area contributed by atoms with E-state index >= 15 is 0 Å². The first-order valence-electron chi connectivity index (χ1n) is 8.60. The van der Waals surface area contributed by atoms with Gasteiger partial charge in [0.2, 0.25) is 0 Å². The number of aryl methyl sites for hydroxylation is 1. The minimum absolute atomic E-state index is 0.490. The lowest BCUT2D eigenvalue weighted by Crippen LogP contribution is -2.05. The van der Waals surface area contributed by atoms with Gasteiger partial charge in [0.15, 0.2) is 0 Å². The first-order chi connectivity index (χ1) is 12.5. The molecule has 26 heavy (non-hydrogen) atoms. The van der Waals surface area contributed by atoms with Gasteiger partial charge in [0.1, 0.15) is 5.82 Å². The zero-order valence-electron chi connectivity index (χ0n) is 14.3. The molecule has 0 aliphatic carbocycles. The number of nitrogens with zero attached hydrogens (tertiary/aromatic N) is 2. The van der Waals surface area contributed by atoms with Gasteiger partial charge in [0.05, 0.1) is 16.9 Å². The van der Waals surface area contributed by atoms with Gasteiger partial charge in [-0.05, 0) is 42.7 Å². The van der Waals surface area contributed by atoms with Crippen molar-refractivity contribution in [2.45, 2.75) is 25.9 Å². The molecular weight excluding hydrogens is 339 g/mol. The Kier molecular flexibility index (Phi) is 3.98. The molecule has 1 aliphatic heterocycles. The third kappa shape index (κ3) is 2.85. The standard InChI is InChI=1S/C20H18F3N3/c1-2-13-6-8-16(9-7-13)26-19-17(10-11-24-19)18(25-26)14-4-3-5-15(12-14)20(21,22)23/h3-9,12,24H,2,10-11H2,1H3. The molecule has 0 radical (unpaired) electrons. The summed E-state index contributed by atoms with van der Waals surface area (Å²) in [5.41, 5.74) is 3.52. The first-order valence-corrected chi connectivity index (χ1v) is 8.60. The largest absolute Gasteiger partial charge is 0.416 e. The maximum Gasteiger partial charge on any atom is 0.416 e. The van der Waals surface area contributed by atoms with Gasteiger partial charge < -0.3 is 5.32 Å². The van der Waals surface area contributed by atoms with Crippen LogP contribution < -0.4 is 5.32 Å². The number of rotatable bonds is 3. The van der Waals surface area contributed by atoms with E-state index in [1.807, 2.05) is 24.3 Å². The van der Waals surface area contributed by atoms with Crippen molar-refractivity contribution in [3.05, 3.63) is 65.2 Å². The molecule has 0 atom stereocenters. The number of hydrogen-bond acceptors (Lipinski definition) is 2. The average molecular weight is 357 g/mol. The van der Waals surface area contributed by atoms with E-state index in [2.05, 4.69) is 17.3 Å². The maximum atomic E-state index is 13.1. The Hall–Kier alpha value is -2.76. The summed E-state index contributed by atoms with van der Waals surface area (Å²) in [5, 5.41) is 7.95. The van der Waals surface area contributed by atoms with E-state index in [1.165, 1.54) is 17.7 Å². The lowest BCUT2D eigenvalue weighted by Gasteiger charge is -2.08. The second-order valence-corrected chi connectivity index (χ2v) is 6.36. The van der Waals surface area contributed by atoms with E-state index in [4.69, 9.17) is 0 Å². The van der Waals surface area contributed by atoms with Gasteiger partial charge in [0.25, 0.3) is 0 Å². The van der Waals surface area contributed by atoms with Gasteiger partial charge in [-0.1, -0.05) is 31.2 Å². The monoisotopic (exact) mass is 357 g/mol. The fourth-order valence-electron chi connectivity index (χ4n) is 3.31. The number of benzene rings is 2. The van der Waals surface area contributed by atoms with Crippen LogP contribution in [-0.2, 0) is 19.0 Å². The van der Waals surface area contributed by atoms with Crippen LogP contribution in [-0.4, -0.2) is 16.3 Å². The molecule has 0 saturated heterocycles. The van der Waals surface area contributed by atoms with Gasteiger partial charge in [-0.15, -0.1) is 0 Å². The van der Waals surface area contributed by atoms with E-state index in [0.717, 1.165) is 42.5 Å². The Labute approximate surface area is 149 Å². The Morgan fingerprint density at radius 1 is 1.12 bits per heavy atom. The second-order valence-electron chi connectivity index (χ2n) is 6.36. The summed E-state index contributed by atoms with van der Waals surface area (Å²) in [6, 6.07) is 13.4. The quantitative estimate of drug-likeness (QED) is 0.708. The smallest absolute Gasteiger partial charge is 0.369 e. The fraction of sp³-hybridized carbons (Fsp3) is 0.250. The van der Waals surface area contributed by atoms with Crippen LogP contribution in [0.2, 0.25) is 0 Å². The van der Waals surface area contributed by atoms with Crippen molar-refractivity contribution < 1.29 is 13.2 Å². The van der Waals surface area contributed by atoms with Crippen LogP contribution in [0.1, 0.15) is 23.6 Å². The van der Waals surface area contributed by atoms with Crippen molar-refractivity contribution in [3.63, 3.8) is 0 Å². The van der Waals surface area contributed by atoms with Gasteiger partial charge in [-0.25, -0.2) is 4.68 Å². The normalized spacial score (nSPS) is 13.5. The second kappa shape index (κ2) is 6.20. The zero-order valence-corrected chi connectivity index (χ0v) is 14.3. The summed E-state index contributed by atoms with van der Waals surface area (Å²) < 4.78 is 41.0. The molecule has 4 rings (SSSR count). The van der Waals surface area contributed by atoms with Crippen LogP contribution in [0, 0.1) is 0 Å². The molecular formula is C20H18F3N3. The number of halogens is 3. The molecule has 1 aromatic heterocycles. The molecule has 0 amide bonds. The molecule has 0 saturated carbocycles. The summed E-state index contributed by atoms with van der Waals surface area (Å²) in [4.78, 5) is 0. The van der Waals surface area contributed by atoms with Crippen molar-refractivity contribution in [1.82, 2.24) is 9.78 Å². The van der Waals surface area contributed by atoms with Crippen LogP contribution in [0.5, 0.6) is 0 Å². The van der Waals surface area contributed by atoms with Gasteiger partial charge in [0, 0.05) is 17.7 Å². The van der Waals surface area contributed by atoms with Gasteiger partial charge >= 0.3 is 6.18 Å². The molecule has 2 aromatic carbocycles. The molecule has 2 heterocycles. The van der Waals surface area contributed by atoms with Gasteiger partial charge in [-0.2, -0.15) is 18.3 Å². The third-order valence-corrected chi connectivity index (χ3v) is 4.70. The molecule has 0 spiro atoms. The number of aromatic nitrogens is 2. The topological polar surface area (TPSA) is 29.9 Å². The highest BCUT2D eigenvalue weighted by molar-refractivity contribution is 5.73. The molecule has 0 unspecified atom stereocenters. The molecule has 0 bridgehead atoms. The van der Waals surface area contributed by atoms with E-state index in [0.29, 0.717) is 11.3 Å². The Balaban J connectivity index is 1.81. The number of alkyl halides is 3. The van der Waals surface area contributed by atoms with Crippen molar-refractivity contribution in [1.29, 1.82) is 0 Å². The van der Waals surface area contributed by atoms with E-state index in [-0.39, 0.29) is 0 Å². The van der Waals surface area contributed by atoms with Crippen LogP contribution in [0.4, 0.5) is 19.0 Å². The van der Waals surface area contributed by atoms with Crippen LogP contribution in [0.3, 0.4) is 0 Å². The molecule has 3 nitrogen and oxygen atoms in total. The highest BCUT2D eigenvalue weighted by Crippen LogP contribution is 2.37. The minimum Gasteiger partial charge on any atom is -0.369 e. The highest BCUT2D eigenvalue weighted by Gasteiger charge is 2.31. The van der Waals surface area contributed by atoms with Crippen molar-refractivity contribution >= 4 is 5.82 Å². The third-order valence-electron chi connectivity index (χ3n) is 4.70. The summed E-state index contributed by atoms with van der Waals surface area (Å²) >= 11 is 0. The van der Waals surface area contributed by atoms with E-state index < -0.39 is 11.7 Å². The van der Waals surface area contributed by atoms with Crippen LogP contribution >= 0.6 is 0 Å². The van der Waals surface area contributed by atoms with Crippen molar-refractivity contribution in [3.8, 4) is 16.9 Å². The fourth-order valence-corrected chi connectivity index (χ4v) is 3.31. The number of nitrogens with one attached hydrogen (secondary N) is 1. The molecule has 6 heteroatoms. The first kappa shape index (κ1) is 16.7. The van der Waals surface area contributed by atoms with Crippen molar-refractivity contribution in [2.24, 2.45) is 0 Å². The summed E-state index contributed by atoms with van der Waals surface area (Å²) in [7, 11) is 0. The SMILES string of the molecule is CCc1ccc(-n2nc(-c3cccc(C(F)(F)F)c3)c3c2NCC3)cc1. The van der Waals surface area contributed by atoms with Crippen molar-refractivity contribution in [2.75, 3.05) is 11.9 Å². The molecule has 3 aromatic rings. The Morgan fingerprint density at radius 2 is 1.88 bits per heavy atom. The number of fused-ring (bicyclic) bond motifs is 1. The summed E-state index contributed by atoms with van der Waals surface area (Å²) in [5.74, 6) is 0.863. The Morgan fingerprint density at radius 3 is 2.58 bits per heavy atom. The summed E-state index contributed by atoms with van der Waals surface area (Å²) in [6.07, 6.45) is -2.67. The average Bonchev–Trinajstić information content (AvgIpc) is 3.24. The summed E-state index contributed by atoms with van der Waals surface area (Å²) in [6.45, 7) is 2.85. The van der Waals surface area contributed by atoms with Crippen LogP contribution in [0.25, 0.3) is 16.9 Å². The lowest BCUT2D eigenvalue weighted by molar-refractivity contribution is -0.137. The van der Waals surface area contributed by atoms with Gasteiger partial charge in [-0.3, -0.25) is 0 Å². The zero-order chi connectivity index (χ0) is 18.3. The van der Waals surface area contributed by atoms with E-state index in [9.17, 15) is 13.2 Å². The number of anilines is 1. The van der Waals surface area contributed by atoms with Crippen LogP contribution in [0.15, 0.2) is 48.5 Å². The molecule has 134 valence electrons. The lowest BCUT2D eigenvalue weighted by atomic mass is 10.0. The highest BCUT2D eigenvalue weighted by atomic mass is 19.4. The molecule has 0 fully saturated rings. The predicted octanol–water partition coefficient (Wildman–Crippen LogP) is 5.09.